The van der Waals surface area contributed by atoms with Gasteiger partial charge in [0.1, 0.15) is 0 Å². The van der Waals surface area contributed by atoms with Crippen molar-refractivity contribution >= 4 is 88.2 Å². The van der Waals surface area contributed by atoms with Crippen LogP contribution in [0.1, 0.15) is 12.8 Å². The standard InChI is InChI=1S/C18H10N4O6S4/c23-15(31-17-19-11-3-1-9(21(25)26)7-13(11)29-17)5-6-16(24)32-18-20-12-4-2-10(22(27)28)8-14(12)30-18/h1-4,7-8H,5-6H2. The molecule has 0 aliphatic rings. The molecule has 2 aromatic heterocycles. The van der Waals surface area contributed by atoms with Gasteiger partial charge < -0.3 is 0 Å². The minimum Gasteiger partial charge on any atom is -0.287 e. The van der Waals surface area contributed by atoms with Crippen molar-refractivity contribution in [3.05, 3.63) is 56.6 Å². The van der Waals surface area contributed by atoms with Crippen molar-refractivity contribution in [1.29, 1.82) is 0 Å². The summed E-state index contributed by atoms with van der Waals surface area (Å²) in [5.74, 6) is 0. The zero-order chi connectivity index (χ0) is 22.8. The summed E-state index contributed by atoms with van der Waals surface area (Å²) in [6.07, 6.45) is 0.00583. The van der Waals surface area contributed by atoms with Crippen LogP contribution in [-0.2, 0) is 9.59 Å². The first-order chi connectivity index (χ1) is 15.3. The van der Waals surface area contributed by atoms with E-state index in [1.54, 1.807) is 0 Å². The van der Waals surface area contributed by atoms with Gasteiger partial charge in [0.05, 0.1) is 30.3 Å². The number of thioether (sulfide) groups is 2. The second-order valence-corrected chi connectivity index (χ2v) is 10.9. The summed E-state index contributed by atoms with van der Waals surface area (Å²) in [6, 6.07) is 8.60. The summed E-state index contributed by atoms with van der Waals surface area (Å²) in [5.41, 5.74) is 1.05. The largest absolute Gasteiger partial charge is 0.287 e. The topological polar surface area (TPSA) is 146 Å². The van der Waals surface area contributed by atoms with Gasteiger partial charge in [-0.15, -0.1) is 22.7 Å². The van der Waals surface area contributed by atoms with Crippen molar-refractivity contribution in [2.45, 2.75) is 21.5 Å². The lowest BCUT2D eigenvalue weighted by atomic mass is 10.3. The molecule has 0 amide bonds. The molecular formula is C18H10N4O6S4. The summed E-state index contributed by atoms with van der Waals surface area (Å²) < 4.78 is 2.13. The fraction of sp³-hybridized carbons (Fsp3) is 0.111. The lowest BCUT2D eigenvalue weighted by Gasteiger charge is -1.97. The van der Waals surface area contributed by atoms with Gasteiger partial charge in [-0.25, -0.2) is 9.97 Å². The van der Waals surface area contributed by atoms with Gasteiger partial charge in [-0.2, -0.15) is 0 Å². The van der Waals surface area contributed by atoms with E-state index in [2.05, 4.69) is 9.97 Å². The fourth-order valence-electron chi connectivity index (χ4n) is 2.60. The first-order valence-corrected chi connectivity index (χ1v) is 12.1. The Balaban J connectivity index is 1.33. The molecule has 32 heavy (non-hydrogen) atoms. The third-order valence-electron chi connectivity index (χ3n) is 4.06. The molecule has 0 aliphatic carbocycles. The summed E-state index contributed by atoms with van der Waals surface area (Å²) in [7, 11) is 0. The molecule has 2 heterocycles. The van der Waals surface area contributed by atoms with Crippen LogP contribution in [0, 0.1) is 20.2 Å². The Hall–Kier alpha value is -2.94. The molecule has 162 valence electrons. The highest BCUT2D eigenvalue weighted by Crippen LogP contribution is 2.35. The average molecular weight is 507 g/mol. The van der Waals surface area contributed by atoms with Crippen LogP contribution in [-0.4, -0.2) is 30.0 Å². The van der Waals surface area contributed by atoms with Gasteiger partial charge >= 0.3 is 0 Å². The van der Waals surface area contributed by atoms with Gasteiger partial charge in [-0.05, 0) is 35.7 Å². The molecule has 0 radical (unpaired) electrons. The van der Waals surface area contributed by atoms with Crippen molar-refractivity contribution in [3.8, 4) is 0 Å². The highest BCUT2D eigenvalue weighted by Gasteiger charge is 2.17. The van der Waals surface area contributed by atoms with E-state index >= 15 is 0 Å². The van der Waals surface area contributed by atoms with Crippen molar-refractivity contribution in [2.75, 3.05) is 0 Å². The zero-order valence-corrected chi connectivity index (χ0v) is 19.0. The van der Waals surface area contributed by atoms with Gasteiger partial charge in [-0.1, -0.05) is 0 Å². The highest BCUT2D eigenvalue weighted by atomic mass is 32.2. The smallest absolute Gasteiger partial charge is 0.270 e. The number of nitro groups is 2. The van der Waals surface area contributed by atoms with E-state index in [1.165, 1.54) is 59.1 Å². The first-order valence-electron chi connectivity index (χ1n) is 8.80. The van der Waals surface area contributed by atoms with E-state index in [1.807, 2.05) is 0 Å². The zero-order valence-electron chi connectivity index (χ0n) is 15.7. The Labute approximate surface area is 195 Å². The molecule has 4 rings (SSSR count). The molecule has 0 unspecified atom stereocenters. The lowest BCUT2D eigenvalue weighted by Crippen LogP contribution is -1.97. The normalized spacial score (nSPS) is 11.1. The molecule has 0 spiro atoms. The third kappa shape index (κ3) is 5.09. The van der Waals surface area contributed by atoms with Gasteiger partial charge in [-0.3, -0.25) is 29.8 Å². The second kappa shape index (κ2) is 9.28. The second-order valence-electron chi connectivity index (χ2n) is 6.23. The molecule has 0 aliphatic heterocycles. The van der Waals surface area contributed by atoms with Crippen LogP contribution in [0.2, 0.25) is 0 Å². The van der Waals surface area contributed by atoms with E-state index in [4.69, 9.17) is 0 Å². The Bertz CT molecular complexity index is 1290. The Morgan fingerprint density at radius 2 is 1.19 bits per heavy atom. The Morgan fingerprint density at radius 3 is 1.56 bits per heavy atom. The van der Waals surface area contributed by atoms with E-state index in [0.29, 0.717) is 29.1 Å². The maximum atomic E-state index is 12.2. The van der Waals surface area contributed by atoms with Gasteiger partial charge in [0, 0.05) is 37.1 Å². The van der Waals surface area contributed by atoms with Gasteiger partial charge in [0.25, 0.3) is 11.4 Å². The van der Waals surface area contributed by atoms with Gasteiger partial charge in [0.2, 0.25) is 0 Å². The van der Waals surface area contributed by atoms with Crippen molar-refractivity contribution in [2.24, 2.45) is 0 Å². The molecule has 0 saturated carbocycles. The molecular weight excluding hydrogens is 496 g/mol. The number of hydrogen-bond acceptors (Lipinski definition) is 12. The Kier molecular flexibility index (Phi) is 6.45. The van der Waals surface area contributed by atoms with Crippen LogP contribution in [0.25, 0.3) is 20.4 Å². The number of nitrogens with zero attached hydrogens (tertiary/aromatic N) is 4. The number of fused-ring (bicyclic) bond motifs is 2. The number of carbonyl (C=O) groups excluding carboxylic acids is 2. The minimum atomic E-state index is -0.493. The number of thiazole rings is 2. The van der Waals surface area contributed by atoms with Crippen LogP contribution in [0.5, 0.6) is 0 Å². The molecule has 2 aromatic carbocycles. The molecule has 0 bridgehead atoms. The number of nitro benzene ring substituents is 2. The molecule has 4 aromatic rings. The Morgan fingerprint density at radius 1 is 0.781 bits per heavy atom. The SMILES string of the molecule is O=C(CCC(=O)Sc1nc2ccc([N+](=O)[O-])cc2s1)Sc1nc2ccc([N+](=O)[O-])cc2s1. The van der Waals surface area contributed by atoms with Crippen LogP contribution in [0.15, 0.2) is 45.1 Å². The van der Waals surface area contributed by atoms with E-state index in [-0.39, 0.29) is 34.4 Å². The molecule has 0 atom stereocenters. The monoisotopic (exact) mass is 506 g/mol. The average Bonchev–Trinajstić information content (AvgIpc) is 3.33. The quantitative estimate of drug-likeness (QED) is 0.180. The summed E-state index contributed by atoms with van der Waals surface area (Å²) in [4.78, 5) is 53.8. The van der Waals surface area contributed by atoms with E-state index < -0.39 is 9.85 Å². The molecule has 10 nitrogen and oxygen atoms in total. The number of benzene rings is 2. The van der Waals surface area contributed by atoms with Crippen LogP contribution in [0.4, 0.5) is 11.4 Å². The van der Waals surface area contributed by atoms with E-state index in [9.17, 15) is 29.8 Å². The number of carbonyl (C=O) groups is 2. The fourth-order valence-corrected chi connectivity index (χ4v) is 6.58. The number of aromatic nitrogens is 2. The molecule has 0 saturated heterocycles. The molecule has 14 heteroatoms. The predicted molar refractivity (Wildman–Crippen MR) is 124 cm³/mol. The van der Waals surface area contributed by atoms with E-state index in [0.717, 1.165) is 23.5 Å². The van der Waals surface area contributed by atoms with Crippen LogP contribution >= 0.6 is 46.2 Å². The first kappa shape index (κ1) is 22.3. The van der Waals surface area contributed by atoms with Gasteiger partial charge in [0.15, 0.2) is 18.9 Å². The van der Waals surface area contributed by atoms with Crippen molar-refractivity contribution in [3.63, 3.8) is 0 Å². The number of non-ortho nitro benzene ring substituents is 2. The van der Waals surface area contributed by atoms with Crippen LogP contribution < -0.4 is 0 Å². The summed E-state index contributed by atoms with van der Waals surface area (Å²) in [6.45, 7) is 0. The lowest BCUT2D eigenvalue weighted by molar-refractivity contribution is -0.384. The van der Waals surface area contributed by atoms with Crippen LogP contribution in [0.3, 0.4) is 0 Å². The third-order valence-corrected chi connectivity index (χ3v) is 8.08. The minimum absolute atomic E-state index is 0.00292. The molecule has 0 fully saturated rings. The summed E-state index contributed by atoms with van der Waals surface area (Å²) >= 11 is 4.16. The van der Waals surface area contributed by atoms with Crippen molar-refractivity contribution in [1.82, 2.24) is 9.97 Å². The van der Waals surface area contributed by atoms with Crippen molar-refractivity contribution < 1.29 is 19.4 Å². The maximum absolute atomic E-state index is 12.2. The maximum Gasteiger partial charge on any atom is 0.270 e. The highest BCUT2D eigenvalue weighted by molar-refractivity contribution is 8.15. The predicted octanol–water partition coefficient (Wildman–Crippen LogP) is 5.44. The summed E-state index contributed by atoms with van der Waals surface area (Å²) in [5, 5.41) is 21.2. The number of rotatable bonds is 7. The molecule has 0 N–H and O–H groups in total. The number of hydrogen-bond donors (Lipinski definition) is 0.